The standard InChI is InChI=1S/C35H28/c1-2-22-4-6-24-8-10-26-12-14-28(20-34(26)32(24)18-22)30-16-17-31(30)29-15-13-27-11-9-25-7-5-23(3-1)19-33(25)35(27)21-29/h4-15,18-21,30-31H,1-3,16-17H2/t30-,31-/m1/s1. The molecule has 0 heterocycles. The average Bonchev–Trinajstić information content (AvgIpc) is 2.87. The van der Waals surface area contributed by atoms with Gasteiger partial charge in [-0.1, -0.05) is 97.1 Å². The van der Waals surface area contributed by atoms with Gasteiger partial charge in [0.05, 0.1) is 0 Å². The van der Waals surface area contributed by atoms with Crippen LogP contribution in [0.5, 0.6) is 0 Å². The van der Waals surface area contributed by atoms with E-state index < -0.39 is 0 Å². The normalized spacial score (nSPS) is 19.4. The Morgan fingerprint density at radius 1 is 0.400 bits per heavy atom. The highest BCUT2D eigenvalue weighted by molar-refractivity contribution is 6.09. The van der Waals surface area contributed by atoms with Crippen molar-refractivity contribution in [2.45, 2.75) is 43.9 Å². The summed E-state index contributed by atoms with van der Waals surface area (Å²) < 4.78 is 0. The molecule has 0 saturated heterocycles. The second-order valence-electron chi connectivity index (χ2n) is 10.8. The number of aryl methyl sites for hydroxylation is 2. The number of benzene rings is 6. The van der Waals surface area contributed by atoms with E-state index in [4.69, 9.17) is 0 Å². The Morgan fingerprint density at radius 3 is 1.20 bits per heavy atom. The molecule has 0 amide bonds. The summed E-state index contributed by atoms with van der Waals surface area (Å²) in [5.74, 6) is 1.22. The first-order chi connectivity index (χ1) is 17.3. The highest BCUT2D eigenvalue weighted by Crippen LogP contribution is 2.50. The fourth-order valence-corrected chi connectivity index (χ4v) is 6.79. The lowest BCUT2D eigenvalue weighted by Crippen LogP contribution is -2.21. The minimum absolute atomic E-state index is 0.608. The predicted molar refractivity (Wildman–Crippen MR) is 150 cm³/mol. The minimum Gasteiger partial charge on any atom is -0.0584 e. The second kappa shape index (κ2) is 7.43. The highest BCUT2D eigenvalue weighted by Gasteiger charge is 2.33. The van der Waals surface area contributed by atoms with Crippen molar-refractivity contribution in [2.24, 2.45) is 0 Å². The molecule has 0 spiro atoms. The van der Waals surface area contributed by atoms with E-state index in [1.54, 1.807) is 0 Å². The molecular weight excluding hydrogens is 420 g/mol. The van der Waals surface area contributed by atoms with Gasteiger partial charge in [-0.05, 0) is 109 Å². The zero-order chi connectivity index (χ0) is 22.9. The molecule has 0 heteroatoms. The van der Waals surface area contributed by atoms with Crippen molar-refractivity contribution in [1.82, 2.24) is 0 Å². The topological polar surface area (TPSA) is 0 Å². The minimum atomic E-state index is 0.608. The summed E-state index contributed by atoms with van der Waals surface area (Å²) in [6.07, 6.45) is 5.98. The van der Waals surface area contributed by atoms with Gasteiger partial charge in [-0.25, -0.2) is 0 Å². The van der Waals surface area contributed by atoms with Crippen molar-refractivity contribution in [1.29, 1.82) is 0 Å². The van der Waals surface area contributed by atoms with Crippen molar-refractivity contribution in [3.8, 4) is 0 Å². The fourth-order valence-electron chi connectivity index (χ4n) is 6.79. The maximum absolute atomic E-state index is 2.51. The van der Waals surface area contributed by atoms with Crippen LogP contribution in [0.2, 0.25) is 0 Å². The van der Waals surface area contributed by atoms with Gasteiger partial charge in [0.25, 0.3) is 0 Å². The molecule has 8 rings (SSSR count). The molecule has 2 aliphatic carbocycles. The van der Waals surface area contributed by atoms with Crippen LogP contribution in [0.3, 0.4) is 0 Å². The Morgan fingerprint density at radius 2 is 0.771 bits per heavy atom. The van der Waals surface area contributed by atoms with Gasteiger partial charge in [0.1, 0.15) is 0 Å². The van der Waals surface area contributed by atoms with Gasteiger partial charge in [0.15, 0.2) is 0 Å². The molecule has 0 unspecified atom stereocenters. The quantitative estimate of drug-likeness (QED) is 0.203. The Balaban J connectivity index is 1.37. The Hall–Kier alpha value is -3.64. The van der Waals surface area contributed by atoms with Crippen LogP contribution < -0.4 is 0 Å². The summed E-state index contributed by atoms with van der Waals surface area (Å²) in [4.78, 5) is 0. The van der Waals surface area contributed by atoms with Crippen molar-refractivity contribution in [2.75, 3.05) is 0 Å². The first-order valence-electron chi connectivity index (χ1n) is 13.2. The number of hydrogen-bond donors (Lipinski definition) is 0. The largest absolute Gasteiger partial charge is 0.0584 e. The number of fused-ring (bicyclic) bond motifs is 7. The lowest BCUT2D eigenvalue weighted by Gasteiger charge is -2.38. The molecule has 0 aliphatic heterocycles. The van der Waals surface area contributed by atoms with Crippen LogP contribution in [0.1, 0.15) is 53.4 Å². The van der Waals surface area contributed by atoms with E-state index in [9.17, 15) is 0 Å². The first kappa shape index (κ1) is 19.6. The van der Waals surface area contributed by atoms with Crippen LogP contribution in [0.15, 0.2) is 97.1 Å². The monoisotopic (exact) mass is 448 g/mol. The summed E-state index contributed by atoms with van der Waals surface area (Å²) in [6.45, 7) is 0. The Bertz CT molecular complexity index is 1650. The molecule has 35 heavy (non-hydrogen) atoms. The molecule has 0 nitrogen and oxygen atoms in total. The van der Waals surface area contributed by atoms with Gasteiger partial charge < -0.3 is 0 Å². The van der Waals surface area contributed by atoms with Crippen molar-refractivity contribution < 1.29 is 0 Å². The lowest BCUT2D eigenvalue weighted by molar-refractivity contribution is 0.347. The van der Waals surface area contributed by atoms with Crippen LogP contribution in [-0.2, 0) is 12.8 Å². The number of rotatable bonds is 0. The third-order valence-electron chi connectivity index (χ3n) is 8.92. The second-order valence-corrected chi connectivity index (χ2v) is 10.8. The maximum atomic E-state index is 2.51. The smallest absolute Gasteiger partial charge is 0.00926 e. The van der Waals surface area contributed by atoms with Gasteiger partial charge in [0.2, 0.25) is 0 Å². The molecule has 0 N–H and O–H groups in total. The fraction of sp³-hybridized carbons (Fsp3) is 0.200. The Labute approximate surface area is 206 Å². The highest BCUT2D eigenvalue weighted by atomic mass is 14.4. The summed E-state index contributed by atoms with van der Waals surface area (Å²) in [7, 11) is 0. The van der Waals surface area contributed by atoms with E-state index in [0.717, 1.165) is 12.8 Å². The summed E-state index contributed by atoms with van der Waals surface area (Å²) >= 11 is 0. The van der Waals surface area contributed by atoms with E-state index in [0.29, 0.717) is 11.8 Å². The molecular formula is C35H28. The van der Waals surface area contributed by atoms with Gasteiger partial charge in [0, 0.05) is 0 Å². The molecule has 1 fully saturated rings. The lowest BCUT2D eigenvalue weighted by atomic mass is 9.66. The number of hydrogen-bond acceptors (Lipinski definition) is 0. The van der Waals surface area contributed by atoms with Crippen LogP contribution in [0.4, 0.5) is 0 Å². The van der Waals surface area contributed by atoms with Crippen molar-refractivity contribution >= 4 is 43.1 Å². The SMILES string of the molecule is c1cc2ccc3ccc4cc3c2cc1CCCc1ccc2ccc3ccc(cc3c2c1)[C@H]1CC[C@H]41. The van der Waals surface area contributed by atoms with Crippen molar-refractivity contribution in [3.63, 3.8) is 0 Å². The molecule has 8 bridgehead atoms. The van der Waals surface area contributed by atoms with E-state index in [1.807, 2.05) is 0 Å². The average molecular weight is 449 g/mol. The maximum Gasteiger partial charge on any atom is -0.00926 e. The van der Waals surface area contributed by atoms with Gasteiger partial charge in [-0.2, -0.15) is 0 Å². The van der Waals surface area contributed by atoms with E-state index >= 15 is 0 Å². The zero-order valence-electron chi connectivity index (χ0n) is 19.9. The first-order valence-corrected chi connectivity index (χ1v) is 13.2. The van der Waals surface area contributed by atoms with Crippen molar-refractivity contribution in [3.05, 3.63) is 119 Å². The zero-order valence-corrected chi connectivity index (χ0v) is 19.9. The molecule has 1 saturated carbocycles. The summed E-state index contributed by atoms with van der Waals surface area (Å²) in [5, 5.41) is 11.1. The predicted octanol–water partition coefficient (Wildman–Crippen LogP) is 9.45. The summed E-state index contributed by atoms with van der Waals surface area (Å²) in [6, 6.07) is 38.0. The molecule has 0 radical (unpaired) electrons. The molecule has 2 aliphatic rings. The Kier molecular flexibility index (Phi) is 4.17. The molecule has 0 aromatic heterocycles. The molecule has 168 valence electrons. The molecule has 6 aromatic carbocycles. The summed E-state index contributed by atoms with van der Waals surface area (Å²) in [5.41, 5.74) is 5.93. The van der Waals surface area contributed by atoms with Gasteiger partial charge >= 0.3 is 0 Å². The van der Waals surface area contributed by atoms with E-state index in [1.165, 1.54) is 84.6 Å². The van der Waals surface area contributed by atoms with Crippen LogP contribution in [0.25, 0.3) is 43.1 Å². The van der Waals surface area contributed by atoms with Crippen LogP contribution >= 0.6 is 0 Å². The van der Waals surface area contributed by atoms with Crippen LogP contribution in [-0.4, -0.2) is 0 Å². The third kappa shape index (κ3) is 3.06. The van der Waals surface area contributed by atoms with E-state index in [-0.39, 0.29) is 0 Å². The molecule has 6 aromatic rings. The third-order valence-corrected chi connectivity index (χ3v) is 8.92. The molecule has 2 atom stereocenters. The van der Waals surface area contributed by atoms with Crippen LogP contribution in [0, 0.1) is 0 Å². The van der Waals surface area contributed by atoms with Gasteiger partial charge in [-0.3, -0.25) is 0 Å². The van der Waals surface area contributed by atoms with Gasteiger partial charge in [-0.15, -0.1) is 0 Å². The van der Waals surface area contributed by atoms with E-state index in [2.05, 4.69) is 97.1 Å².